The van der Waals surface area contributed by atoms with E-state index in [2.05, 4.69) is 21.2 Å². The summed E-state index contributed by atoms with van der Waals surface area (Å²) in [5, 5.41) is 4.05. The molecule has 1 aromatic carbocycles. The van der Waals surface area contributed by atoms with Crippen molar-refractivity contribution < 1.29 is 4.39 Å². The second-order valence-electron chi connectivity index (χ2n) is 4.00. The standard InChI is InChI=1S/C12H15BrFNS/c13-10-4-3-9(12(14)6-10)7-15-8-11-2-1-5-16-11/h3-4,6,11,15H,1-2,5,7-8H2. The SMILES string of the molecule is Fc1cc(Br)ccc1CNCC1CCCS1. The molecule has 1 unspecified atom stereocenters. The van der Waals surface area contributed by atoms with Crippen molar-refractivity contribution in [1.82, 2.24) is 5.32 Å². The summed E-state index contributed by atoms with van der Waals surface area (Å²) in [6, 6.07) is 5.22. The molecule has 0 aliphatic carbocycles. The van der Waals surface area contributed by atoms with E-state index >= 15 is 0 Å². The van der Waals surface area contributed by atoms with Crippen molar-refractivity contribution in [1.29, 1.82) is 0 Å². The van der Waals surface area contributed by atoms with Gasteiger partial charge in [0.1, 0.15) is 5.82 Å². The van der Waals surface area contributed by atoms with Crippen molar-refractivity contribution in [2.24, 2.45) is 0 Å². The van der Waals surface area contributed by atoms with E-state index in [1.807, 2.05) is 23.9 Å². The first-order valence-corrected chi connectivity index (χ1v) is 7.36. The van der Waals surface area contributed by atoms with Crippen LogP contribution in [0.1, 0.15) is 18.4 Å². The van der Waals surface area contributed by atoms with E-state index in [1.165, 1.54) is 24.7 Å². The van der Waals surface area contributed by atoms with Gasteiger partial charge in [-0.25, -0.2) is 4.39 Å². The lowest BCUT2D eigenvalue weighted by Crippen LogP contribution is -2.23. The zero-order valence-electron chi connectivity index (χ0n) is 9.01. The van der Waals surface area contributed by atoms with Crippen molar-refractivity contribution in [3.8, 4) is 0 Å². The number of thioether (sulfide) groups is 1. The average molecular weight is 304 g/mol. The maximum atomic E-state index is 13.5. The molecule has 1 saturated heterocycles. The molecule has 1 fully saturated rings. The Labute approximate surface area is 108 Å². The normalized spacial score (nSPS) is 20.2. The molecule has 1 aliphatic rings. The second kappa shape index (κ2) is 6.03. The van der Waals surface area contributed by atoms with Crippen LogP contribution in [0.15, 0.2) is 22.7 Å². The average Bonchev–Trinajstić information content (AvgIpc) is 2.74. The number of hydrogen-bond donors (Lipinski definition) is 1. The van der Waals surface area contributed by atoms with E-state index < -0.39 is 0 Å². The summed E-state index contributed by atoms with van der Waals surface area (Å²) in [6.45, 7) is 1.61. The molecule has 0 radical (unpaired) electrons. The summed E-state index contributed by atoms with van der Waals surface area (Å²) in [5.74, 6) is 1.14. The molecule has 1 atom stereocenters. The maximum Gasteiger partial charge on any atom is 0.128 e. The van der Waals surface area contributed by atoms with E-state index in [9.17, 15) is 4.39 Å². The summed E-state index contributed by atoms with van der Waals surface area (Å²) in [4.78, 5) is 0. The van der Waals surface area contributed by atoms with E-state index in [-0.39, 0.29) is 5.82 Å². The Balaban J connectivity index is 1.80. The zero-order valence-corrected chi connectivity index (χ0v) is 11.4. The summed E-state index contributed by atoms with van der Waals surface area (Å²) in [6.07, 6.45) is 2.62. The van der Waals surface area contributed by atoms with Gasteiger partial charge in [-0.3, -0.25) is 0 Å². The second-order valence-corrected chi connectivity index (χ2v) is 6.33. The summed E-state index contributed by atoms with van der Waals surface area (Å²) in [7, 11) is 0. The fourth-order valence-corrected chi connectivity index (χ4v) is 3.41. The van der Waals surface area contributed by atoms with E-state index in [4.69, 9.17) is 0 Å². The van der Waals surface area contributed by atoms with Crippen molar-refractivity contribution in [3.63, 3.8) is 0 Å². The first kappa shape index (κ1) is 12.4. The van der Waals surface area contributed by atoms with Gasteiger partial charge >= 0.3 is 0 Å². The Hall–Kier alpha value is -0.0600. The molecule has 0 amide bonds. The zero-order chi connectivity index (χ0) is 11.4. The van der Waals surface area contributed by atoms with Gasteiger partial charge in [-0.2, -0.15) is 11.8 Å². The molecule has 1 heterocycles. The van der Waals surface area contributed by atoms with Crippen LogP contribution in [-0.2, 0) is 6.54 Å². The number of halogens is 2. The van der Waals surface area contributed by atoms with Crippen LogP contribution in [0.3, 0.4) is 0 Å². The highest BCUT2D eigenvalue weighted by atomic mass is 79.9. The number of nitrogens with one attached hydrogen (secondary N) is 1. The lowest BCUT2D eigenvalue weighted by Gasteiger charge is -2.10. The van der Waals surface area contributed by atoms with Crippen molar-refractivity contribution in [2.75, 3.05) is 12.3 Å². The minimum atomic E-state index is -0.138. The minimum absolute atomic E-state index is 0.138. The van der Waals surface area contributed by atoms with Crippen molar-refractivity contribution in [2.45, 2.75) is 24.6 Å². The monoisotopic (exact) mass is 303 g/mol. The number of hydrogen-bond acceptors (Lipinski definition) is 2. The third kappa shape index (κ3) is 3.47. The van der Waals surface area contributed by atoms with Gasteiger partial charge < -0.3 is 5.32 Å². The molecule has 0 saturated carbocycles. The van der Waals surface area contributed by atoms with E-state index in [0.717, 1.165) is 21.8 Å². The van der Waals surface area contributed by atoms with Gasteiger partial charge in [0.2, 0.25) is 0 Å². The van der Waals surface area contributed by atoms with Crippen LogP contribution in [0.5, 0.6) is 0 Å². The Kier molecular flexibility index (Phi) is 4.67. The predicted octanol–water partition coefficient (Wildman–Crippen LogP) is 3.57. The molecule has 0 aromatic heterocycles. The molecule has 4 heteroatoms. The Morgan fingerprint density at radius 3 is 3.06 bits per heavy atom. The smallest absolute Gasteiger partial charge is 0.128 e. The molecule has 0 bridgehead atoms. The predicted molar refractivity (Wildman–Crippen MR) is 71.3 cm³/mol. The molecular formula is C12H15BrFNS. The summed E-state index contributed by atoms with van der Waals surface area (Å²) < 4.78 is 14.3. The van der Waals surface area contributed by atoms with Crippen LogP contribution in [0.4, 0.5) is 4.39 Å². The molecule has 1 aromatic rings. The summed E-state index contributed by atoms with van der Waals surface area (Å²) in [5.41, 5.74) is 0.742. The maximum absolute atomic E-state index is 13.5. The van der Waals surface area contributed by atoms with Gasteiger partial charge in [0.05, 0.1) is 0 Å². The number of benzene rings is 1. The van der Waals surface area contributed by atoms with Crippen LogP contribution >= 0.6 is 27.7 Å². The highest BCUT2D eigenvalue weighted by Crippen LogP contribution is 2.25. The number of rotatable bonds is 4. The van der Waals surface area contributed by atoms with Crippen LogP contribution < -0.4 is 5.32 Å². The van der Waals surface area contributed by atoms with Crippen molar-refractivity contribution in [3.05, 3.63) is 34.1 Å². The fourth-order valence-electron chi connectivity index (χ4n) is 1.84. The molecule has 88 valence electrons. The Morgan fingerprint density at radius 1 is 1.50 bits per heavy atom. The fraction of sp³-hybridized carbons (Fsp3) is 0.500. The molecule has 1 N–H and O–H groups in total. The minimum Gasteiger partial charge on any atom is -0.311 e. The topological polar surface area (TPSA) is 12.0 Å². The van der Waals surface area contributed by atoms with Crippen LogP contribution in [-0.4, -0.2) is 17.5 Å². The Bertz CT molecular complexity index is 353. The lowest BCUT2D eigenvalue weighted by molar-refractivity contribution is 0.581. The highest BCUT2D eigenvalue weighted by Gasteiger charge is 2.14. The van der Waals surface area contributed by atoms with E-state index in [1.54, 1.807) is 0 Å². The first-order valence-electron chi connectivity index (χ1n) is 5.52. The van der Waals surface area contributed by atoms with Gasteiger partial charge in [0.25, 0.3) is 0 Å². The summed E-state index contributed by atoms with van der Waals surface area (Å²) >= 11 is 5.27. The van der Waals surface area contributed by atoms with Crippen LogP contribution in [0, 0.1) is 5.82 Å². The molecule has 1 aliphatic heterocycles. The molecule has 1 nitrogen and oxygen atoms in total. The molecular weight excluding hydrogens is 289 g/mol. The van der Waals surface area contributed by atoms with Crippen molar-refractivity contribution >= 4 is 27.7 Å². The van der Waals surface area contributed by atoms with Gasteiger partial charge in [0.15, 0.2) is 0 Å². The Morgan fingerprint density at radius 2 is 2.38 bits per heavy atom. The lowest BCUT2D eigenvalue weighted by atomic mass is 10.2. The van der Waals surface area contributed by atoms with Crippen LogP contribution in [0.25, 0.3) is 0 Å². The van der Waals surface area contributed by atoms with Gasteiger partial charge in [-0.15, -0.1) is 0 Å². The van der Waals surface area contributed by atoms with Crippen LogP contribution in [0.2, 0.25) is 0 Å². The van der Waals surface area contributed by atoms with Gasteiger partial charge in [-0.05, 0) is 30.7 Å². The largest absolute Gasteiger partial charge is 0.311 e. The third-order valence-electron chi connectivity index (χ3n) is 2.73. The highest BCUT2D eigenvalue weighted by molar-refractivity contribution is 9.10. The quantitative estimate of drug-likeness (QED) is 0.912. The third-order valence-corrected chi connectivity index (χ3v) is 4.62. The van der Waals surface area contributed by atoms with E-state index in [0.29, 0.717) is 6.54 Å². The molecule has 2 rings (SSSR count). The van der Waals surface area contributed by atoms with Gasteiger partial charge in [-0.1, -0.05) is 22.0 Å². The molecule has 16 heavy (non-hydrogen) atoms. The van der Waals surface area contributed by atoms with Gasteiger partial charge in [0, 0.05) is 28.4 Å². The first-order chi connectivity index (χ1) is 7.75. The molecule has 0 spiro atoms.